The van der Waals surface area contributed by atoms with Crippen LogP contribution in [0.1, 0.15) is 13.3 Å². The molecule has 2 N–H and O–H groups in total. The van der Waals surface area contributed by atoms with Gasteiger partial charge in [0.05, 0.1) is 16.8 Å². The van der Waals surface area contributed by atoms with Gasteiger partial charge in [-0.25, -0.2) is 4.98 Å². The maximum Gasteiger partial charge on any atom is 0.181 e. The number of fused-ring (bicyclic) bond motifs is 1. The number of para-hydroxylation sites is 1. The van der Waals surface area contributed by atoms with Crippen LogP contribution in [0.3, 0.4) is 0 Å². The van der Waals surface area contributed by atoms with Crippen LogP contribution in [0.25, 0.3) is 21.3 Å². The summed E-state index contributed by atoms with van der Waals surface area (Å²) in [6.45, 7) is 2.83. The first kappa shape index (κ1) is 12.9. The summed E-state index contributed by atoms with van der Waals surface area (Å²) in [5.41, 5.74) is 8.94. The van der Waals surface area contributed by atoms with Crippen LogP contribution in [0.2, 0.25) is 0 Å². The molecule has 0 aliphatic heterocycles. The number of hydrogen-bond acceptors (Lipinski definition) is 4. The van der Waals surface area contributed by atoms with Gasteiger partial charge in [0, 0.05) is 5.56 Å². The largest absolute Gasteiger partial charge is 0.493 e. The Morgan fingerprint density at radius 3 is 2.90 bits per heavy atom. The molecule has 0 fully saturated rings. The molecule has 0 atom stereocenters. The van der Waals surface area contributed by atoms with Crippen molar-refractivity contribution in [3.05, 3.63) is 42.5 Å². The van der Waals surface area contributed by atoms with Crippen molar-refractivity contribution in [1.29, 1.82) is 0 Å². The molecule has 1 aromatic heterocycles. The maximum absolute atomic E-state index is 5.82. The molecule has 3 aromatic rings. The minimum Gasteiger partial charge on any atom is -0.493 e. The first-order chi connectivity index (χ1) is 9.78. The predicted molar refractivity (Wildman–Crippen MR) is 85.3 cm³/mol. The van der Waals surface area contributed by atoms with Crippen molar-refractivity contribution >= 4 is 26.7 Å². The van der Waals surface area contributed by atoms with Crippen molar-refractivity contribution in [1.82, 2.24) is 4.98 Å². The lowest BCUT2D eigenvalue weighted by molar-refractivity contribution is 0.318. The van der Waals surface area contributed by atoms with E-state index in [-0.39, 0.29) is 0 Å². The van der Waals surface area contributed by atoms with Crippen molar-refractivity contribution in [2.24, 2.45) is 0 Å². The van der Waals surface area contributed by atoms with Crippen LogP contribution in [-0.4, -0.2) is 11.6 Å². The van der Waals surface area contributed by atoms with Crippen LogP contribution in [0.4, 0.5) is 5.13 Å². The zero-order chi connectivity index (χ0) is 13.9. The molecule has 0 unspecified atom stereocenters. The van der Waals surface area contributed by atoms with Gasteiger partial charge in [0.2, 0.25) is 0 Å². The molecule has 0 aliphatic rings. The lowest BCUT2D eigenvalue weighted by atomic mass is 10.0. The normalized spacial score (nSPS) is 10.8. The van der Waals surface area contributed by atoms with E-state index in [1.807, 2.05) is 24.3 Å². The zero-order valence-electron chi connectivity index (χ0n) is 11.3. The van der Waals surface area contributed by atoms with E-state index >= 15 is 0 Å². The Kier molecular flexibility index (Phi) is 3.56. The fraction of sp³-hybridized carbons (Fsp3) is 0.188. The van der Waals surface area contributed by atoms with Gasteiger partial charge in [-0.15, -0.1) is 0 Å². The summed E-state index contributed by atoms with van der Waals surface area (Å²) in [7, 11) is 0. The average molecular weight is 284 g/mol. The minimum absolute atomic E-state index is 0.604. The fourth-order valence-electron chi connectivity index (χ4n) is 2.15. The molecule has 20 heavy (non-hydrogen) atoms. The van der Waals surface area contributed by atoms with Crippen molar-refractivity contribution in [3.63, 3.8) is 0 Å². The Morgan fingerprint density at radius 2 is 2.05 bits per heavy atom. The molecular formula is C16H16N2OS. The molecule has 1 heterocycles. The number of rotatable bonds is 4. The third-order valence-corrected chi connectivity index (χ3v) is 3.91. The average Bonchev–Trinajstić information content (AvgIpc) is 2.84. The van der Waals surface area contributed by atoms with Crippen molar-refractivity contribution in [2.45, 2.75) is 13.3 Å². The smallest absolute Gasteiger partial charge is 0.181 e. The lowest BCUT2D eigenvalue weighted by Gasteiger charge is -2.10. The molecule has 0 radical (unpaired) electrons. The van der Waals surface area contributed by atoms with E-state index in [4.69, 9.17) is 10.5 Å². The van der Waals surface area contributed by atoms with E-state index in [1.165, 1.54) is 11.3 Å². The molecule has 3 rings (SSSR count). The summed E-state index contributed by atoms with van der Waals surface area (Å²) in [5, 5.41) is 0.604. The van der Waals surface area contributed by atoms with E-state index in [9.17, 15) is 0 Å². The number of benzene rings is 2. The Labute approximate surface area is 122 Å². The summed E-state index contributed by atoms with van der Waals surface area (Å²) < 4.78 is 6.92. The second-order valence-corrected chi connectivity index (χ2v) is 5.64. The van der Waals surface area contributed by atoms with E-state index in [0.29, 0.717) is 5.13 Å². The number of thiazole rings is 1. The second-order valence-electron chi connectivity index (χ2n) is 4.58. The number of ether oxygens (including phenoxy) is 1. The Balaban J connectivity index is 2.05. The molecule has 0 saturated heterocycles. The lowest BCUT2D eigenvalue weighted by Crippen LogP contribution is -1.96. The van der Waals surface area contributed by atoms with Gasteiger partial charge < -0.3 is 10.5 Å². The fourth-order valence-corrected chi connectivity index (χ4v) is 2.93. The van der Waals surface area contributed by atoms with Crippen molar-refractivity contribution in [3.8, 4) is 16.9 Å². The van der Waals surface area contributed by atoms with Gasteiger partial charge in [-0.1, -0.05) is 42.5 Å². The molecule has 0 aliphatic carbocycles. The van der Waals surface area contributed by atoms with Gasteiger partial charge in [0.25, 0.3) is 0 Å². The molecule has 102 valence electrons. The number of aromatic nitrogens is 1. The molecule has 4 heteroatoms. The number of hydrogen-bond donors (Lipinski definition) is 1. The number of nitrogens with two attached hydrogens (primary N) is 1. The summed E-state index contributed by atoms with van der Waals surface area (Å²) in [6.07, 6.45) is 0.999. The summed E-state index contributed by atoms with van der Waals surface area (Å²) in [6, 6.07) is 14.3. The van der Waals surface area contributed by atoms with E-state index in [2.05, 4.69) is 30.1 Å². The molecule has 0 saturated carbocycles. The predicted octanol–water partition coefficient (Wildman–Crippen LogP) is 4.33. The monoisotopic (exact) mass is 284 g/mol. The highest BCUT2D eigenvalue weighted by Crippen LogP contribution is 2.34. The highest BCUT2D eigenvalue weighted by Gasteiger charge is 2.08. The summed E-state index contributed by atoms with van der Waals surface area (Å²) in [5.74, 6) is 0.922. The maximum atomic E-state index is 5.82. The summed E-state index contributed by atoms with van der Waals surface area (Å²) >= 11 is 1.51. The van der Waals surface area contributed by atoms with Gasteiger partial charge in [-0.2, -0.15) is 0 Å². The number of nitrogens with zero attached hydrogens (tertiary/aromatic N) is 1. The Hall–Kier alpha value is -2.07. The van der Waals surface area contributed by atoms with E-state index in [1.54, 1.807) is 0 Å². The van der Waals surface area contributed by atoms with Gasteiger partial charge >= 0.3 is 0 Å². The van der Waals surface area contributed by atoms with Crippen LogP contribution >= 0.6 is 11.3 Å². The van der Waals surface area contributed by atoms with Gasteiger partial charge in [-0.05, 0) is 30.2 Å². The van der Waals surface area contributed by atoms with Crippen molar-refractivity contribution < 1.29 is 4.74 Å². The Morgan fingerprint density at radius 1 is 1.20 bits per heavy atom. The first-order valence-electron chi connectivity index (χ1n) is 6.66. The molecule has 0 bridgehead atoms. The Bertz CT molecular complexity index is 736. The minimum atomic E-state index is 0.604. The highest BCUT2D eigenvalue weighted by atomic mass is 32.1. The molecular weight excluding hydrogens is 268 g/mol. The number of anilines is 1. The van der Waals surface area contributed by atoms with Crippen LogP contribution in [0.15, 0.2) is 42.5 Å². The molecule has 0 amide bonds. The van der Waals surface area contributed by atoms with Crippen LogP contribution in [0, 0.1) is 0 Å². The SMILES string of the molecule is CCCOc1ccccc1-c1ccc2nc(N)sc2c1. The van der Waals surface area contributed by atoms with Crippen molar-refractivity contribution in [2.75, 3.05) is 12.3 Å². The highest BCUT2D eigenvalue weighted by molar-refractivity contribution is 7.22. The molecule has 2 aromatic carbocycles. The topological polar surface area (TPSA) is 48.1 Å². The molecule has 3 nitrogen and oxygen atoms in total. The van der Waals surface area contributed by atoms with Crippen LogP contribution < -0.4 is 10.5 Å². The van der Waals surface area contributed by atoms with E-state index < -0.39 is 0 Å². The number of nitrogen functional groups attached to an aromatic ring is 1. The first-order valence-corrected chi connectivity index (χ1v) is 7.48. The van der Waals surface area contributed by atoms with Crippen LogP contribution in [-0.2, 0) is 0 Å². The third kappa shape index (κ3) is 2.47. The second kappa shape index (κ2) is 5.51. The van der Waals surface area contributed by atoms with E-state index in [0.717, 1.165) is 40.1 Å². The third-order valence-electron chi connectivity index (χ3n) is 3.06. The standard InChI is InChI=1S/C16H16N2OS/c1-2-9-19-14-6-4-3-5-12(14)11-7-8-13-15(10-11)20-16(17)18-13/h3-8,10H,2,9H2,1H3,(H2,17,18). The van der Waals surface area contributed by atoms with Gasteiger partial charge in [0.15, 0.2) is 5.13 Å². The van der Waals surface area contributed by atoms with Crippen LogP contribution in [0.5, 0.6) is 5.75 Å². The quantitative estimate of drug-likeness (QED) is 0.775. The van der Waals surface area contributed by atoms with Gasteiger partial charge in [-0.3, -0.25) is 0 Å². The summed E-state index contributed by atoms with van der Waals surface area (Å²) in [4.78, 5) is 4.29. The van der Waals surface area contributed by atoms with Gasteiger partial charge in [0.1, 0.15) is 5.75 Å². The molecule has 0 spiro atoms. The zero-order valence-corrected chi connectivity index (χ0v) is 12.1.